The van der Waals surface area contributed by atoms with Crippen LogP contribution < -0.4 is 0 Å². The van der Waals surface area contributed by atoms with E-state index in [9.17, 15) is 0 Å². The monoisotopic (exact) mass is 181 g/mol. The third-order valence-electron chi connectivity index (χ3n) is 0.864. The Kier molecular flexibility index (Phi) is 26.3. The van der Waals surface area contributed by atoms with Crippen molar-refractivity contribution in [1.29, 1.82) is 0 Å². The minimum absolute atomic E-state index is 0. The molecule has 0 rings (SSSR count). The number of halogens is 1. The highest BCUT2D eigenvalue weighted by Crippen LogP contribution is 1.75. The molecule has 3 nitrogen and oxygen atoms in total. The molecular formula is C6H15BClO3. The lowest BCUT2D eigenvalue weighted by Gasteiger charge is -2.00. The molecule has 0 bridgehead atoms. The maximum Gasteiger partial charge on any atom is 0.0701 e. The SMILES string of the molecule is COCCOCCOC.Cl.[B]. The van der Waals surface area contributed by atoms with Gasteiger partial charge in [0.15, 0.2) is 0 Å². The predicted molar refractivity (Wildman–Crippen MR) is 47.6 cm³/mol. The van der Waals surface area contributed by atoms with Crippen molar-refractivity contribution in [2.24, 2.45) is 0 Å². The van der Waals surface area contributed by atoms with Crippen molar-refractivity contribution in [3.05, 3.63) is 0 Å². The fraction of sp³-hybridized carbons (Fsp3) is 1.00. The normalized spacial score (nSPS) is 8.18. The Bertz CT molecular complexity index is 51.1. The molecule has 0 N–H and O–H groups in total. The van der Waals surface area contributed by atoms with Crippen LogP contribution >= 0.6 is 12.4 Å². The van der Waals surface area contributed by atoms with Gasteiger partial charge in [-0.15, -0.1) is 12.4 Å². The number of rotatable bonds is 6. The van der Waals surface area contributed by atoms with E-state index in [4.69, 9.17) is 14.2 Å². The minimum atomic E-state index is 0. The lowest BCUT2D eigenvalue weighted by molar-refractivity contribution is 0.0385. The predicted octanol–water partition coefficient (Wildman–Crippen LogP) is 0.337. The zero-order valence-electron chi connectivity index (χ0n) is 7.04. The summed E-state index contributed by atoms with van der Waals surface area (Å²) in [5, 5.41) is 0. The molecule has 0 fully saturated rings. The molecule has 0 aromatic rings. The summed E-state index contributed by atoms with van der Waals surface area (Å²) < 4.78 is 14.6. The standard InChI is InChI=1S/C6H14O3.B.ClH/c1-7-3-5-9-6-4-8-2;;/h3-6H2,1-2H3;;1H. The molecule has 0 aliphatic heterocycles. The summed E-state index contributed by atoms with van der Waals surface area (Å²) in [4.78, 5) is 0. The van der Waals surface area contributed by atoms with Crippen LogP contribution in [0.15, 0.2) is 0 Å². The van der Waals surface area contributed by atoms with Crippen molar-refractivity contribution < 1.29 is 14.2 Å². The first kappa shape index (κ1) is 17.4. The highest BCUT2D eigenvalue weighted by Gasteiger charge is 1.84. The maximum atomic E-state index is 5.06. The van der Waals surface area contributed by atoms with E-state index in [2.05, 4.69) is 0 Å². The number of hydrogen-bond donors (Lipinski definition) is 0. The Morgan fingerprint density at radius 3 is 1.45 bits per heavy atom. The minimum Gasteiger partial charge on any atom is -0.382 e. The largest absolute Gasteiger partial charge is 0.382 e. The average Bonchev–Trinajstić information content (AvgIpc) is 1.89. The molecule has 11 heavy (non-hydrogen) atoms. The van der Waals surface area contributed by atoms with Gasteiger partial charge in [0.1, 0.15) is 0 Å². The lowest BCUT2D eigenvalue weighted by atomic mass is 10.7. The zero-order chi connectivity index (χ0) is 6.95. The topological polar surface area (TPSA) is 27.7 Å². The molecule has 0 saturated carbocycles. The molecule has 0 aromatic carbocycles. The van der Waals surface area contributed by atoms with Gasteiger partial charge in [-0.25, -0.2) is 0 Å². The van der Waals surface area contributed by atoms with Crippen molar-refractivity contribution >= 4 is 20.8 Å². The van der Waals surface area contributed by atoms with E-state index in [1.165, 1.54) is 0 Å². The summed E-state index contributed by atoms with van der Waals surface area (Å²) in [6.45, 7) is 2.62. The lowest BCUT2D eigenvalue weighted by Crippen LogP contribution is -2.06. The maximum absolute atomic E-state index is 5.06. The van der Waals surface area contributed by atoms with Gasteiger partial charge in [0.05, 0.1) is 26.4 Å². The van der Waals surface area contributed by atoms with E-state index in [1.807, 2.05) is 0 Å². The van der Waals surface area contributed by atoms with Crippen molar-refractivity contribution in [3.8, 4) is 0 Å². The van der Waals surface area contributed by atoms with Crippen molar-refractivity contribution in [2.45, 2.75) is 0 Å². The van der Waals surface area contributed by atoms with Gasteiger partial charge in [-0.2, -0.15) is 0 Å². The third kappa shape index (κ3) is 17.9. The average molecular weight is 181 g/mol. The molecule has 0 aliphatic rings. The van der Waals surface area contributed by atoms with Gasteiger partial charge >= 0.3 is 0 Å². The summed E-state index contributed by atoms with van der Waals surface area (Å²) in [7, 11) is 3.30. The van der Waals surface area contributed by atoms with Gasteiger partial charge < -0.3 is 14.2 Å². The first-order valence-corrected chi connectivity index (χ1v) is 2.97. The van der Waals surface area contributed by atoms with Gasteiger partial charge in [0.2, 0.25) is 0 Å². The fourth-order valence-electron chi connectivity index (χ4n) is 0.387. The summed E-state index contributed by atoms with van der Waals surface area (Å²) >= 11 is 0. The van der Waals surface area contributed by atoms with Crippen molar-refractivity contribution in [1.82, 2.24) is 0 Å². The summed E-state index contributed by atoms with van der Waals surface area (Å²) in [6, 6.07) is 0. The second-order valence-electron chi connectivity index (χ2n) is 1.60. The molecule has 0 amide bonds. The van der Waals surface area contributed by atoms with Crippen molar-refractivity contribution in [3.63, 3.8) is 0 Å². The second-order valence-corrected chi connectivity index (χ2v) is 1.60. The second kappa shape index (κ2) is 16.7. The first-order valence-electron chi connectivity index (χ1n) is 2.97. The van der Waals surface area contributed by atoms with E-state index in [-0.39, 0.29) is 20.8 Å². The van der Waals surface area contributed by atoms with Crippen molar-refractivity contribution in [2.75, 3.05) is 40.6 Å². The van der Waals surface area contributed by atoms with E-state index in [0.717, 1.165) is 0 Å². The van der Waals surface area contributed by atoms with E-state index >= 15 is 0 Å². The summed E-state index contributed by atoms with van der Waals surface area (Å²) in [5.41, 5.74) is 0. The van der Waals surface area contributed by atoms with Crippen LogP contribution in [0, 0.1) is 0 Å². The Morgan fingerprint density at radius 2 is 1.18 bits per heavy atom. The highest BCUT2D eigenvalue weighted by atomic mass is 35.5. The number of hydrogen-bond acceptors (Lipinski definition) is 3. The van der Waals surface area contributed by atoms with Crippen LogP contribution in [-0.4, -0.2) is 49.1 Å². The summed E-state index contributed by atoms with van der Waals surface area (Å²) in [6.07, 6.45) is 0. The van der Waals surface area contributed by atoms with Gasteiger partial charge in [0, 0.05) is 22.6 Å². The van der Waals surface area contributed by atoms with Crippen LogP contribution in [0.1, 0.15) is 0 Å². The van der Waals surface area contributed by atoms with Crippen LogP contribution in [0.4, 0.5) is 0 Å². The third-order valence-corrected chi connectivity index (χ3v) is 0.864. The fourth-order valence-corrected chi connectivity index (χ4v) is 0.387. The van der Waals surface area contributed by atoms with Crippen LogP contribution in [0.25, 0.3) is 0 Å². The first-order chi connectivity index (χ1) is 4.41. The van der Waals surface area contributed by atoms with Crippen LogP contribution in [0.5, 0.6) is 0 Å². The molecule has 67 valence electrons. The highest BCUT2D eigenvalue weighted by molar-refractivity contribution is 5.85. The molecular weight excluding hydrogens is 166 g/mol. The molecule has 0 saturated heterocycles. The Hall–Kier alpha value is 0.235. The Labute approximate surface area is 76.4 Å². The Morgan fingerprint density at radius 1 is 0.818 bits per heavy atom. The van der Waals surface area contributed by atoms with Gasteiger partial charge in [-0.3, -0.25) is 0 Å². The molecule has 0 aromatic heterocycles. The van der Waals surface area contributed by atoms with E-state index in [1.54, 1.807) is 14.2 Å². The number of ether oxygens (including phenoxy) is 3. The zero-order valence-corrected chi connectivity index (χ0v) is 7.86. The molecule has 0 atom stereocenters. The molecule has 0 spiro atoms. The van der Waals surface area contributed by atoms with E-state index < -0.39 is 0 Å². The quantitative estimate of drug-likeness (QED) is 0.437. The van der Waals surface area contributed by atoms with Crippen LogP contribution in [-0.2, 0) is 14.2 Å². The van der Waals surface area contributed by atoms with Gasteiger partial charge in [-0.1, -0.05) is 0 Å². The number of methoxy groups -OCH3 is 2. The molecule has 3 radical (unpaired) electrons. The van der Waals surface area contributed by atoms with Crippen LogP contribution in [0.3, 0.4) is 0 Å². The Balaban J connectivity index is -0.000000320. The van der Waals surface area contributed by atoms with E-state index in [0.29, 0.717) is 26.4 Å². The molecule has 0 aliphatic carbocycles. The summed E-state index contributed by atoms with van der Waals surface area (Å²) in [5.74, 6) is 0. The molecule has 0 unspecified atom stereocenters. The van der Waals surface area contributed by atoms with Crippen LogP contribution in [0.2, 0.25) is 0 Å². The molecule has 5 heteroatoms. The smallest absolute Gasteiger partial charge is 0.0701 e. The van der Waals surface area contributed by atoms with Gasteiger partial charge in [0.25, 0.3) is 0 Å². The van der Waals surface area contributed by atoms with Gasteiger partial charge in [-0.05, 0) is 0 Å². The molecule has 0 heterocycles.